The fourth-order valence-electron chi connectivity index (χ4n) is 3.08. The predicted octanol–water partition coefficient (Wildman–Crippen LogP) is 2.56. The van der Waals surface area contributed by atoms with Crippen LogP contribution in [0.3, 0.4) is 0 Å². The number of aromatic amines is 1. The quantitative estimate of drug-likeness (QED) is 0.778. The Labute approximate surface area is 146 Å². The highest BCUT2D eigenvalue weighted by Crippen LogP contribution is 2.20. The largest absolute Gasteiger partial charge is 0.328 e. The van der Waals surface area contributed by atoms with Crippen LogP contribution in [-0.2, 0) is 13.0 Å². The molecule has 0 fully saturated rings. The van der Waals surface area contributed by atoms with Crippen molar-refractivity contribution in [3.05, 3.63) is 80.5 Å². The van der Waals surface area contributed by atoms with E-state index in [-0.39, 0.29) is 17.3 Å². The molecule has 3 rings (SSSR count). The van der Waals surface area contributed by atoms with Gasteiger partial charge in [-0.3, -0.25) is 9.36 Å². The molecule has 25 heavy (non-hydrogen) atoms. The van der Waals surface area contributed by atoms with Crippen molar-refractivity contribution in [1.82, 2.24) is 14.5 Å². The smallest absolute Gasteiger partial charge is 0.307 e. The number of nitrogens with zero attached hydrogens (tertiary/aromatic N) is 2. The highest BCUT2D eigenvalue weighted by molar-refractivity contribution is 5.76. The molecule has 0 aliphatic rings. The second-order valence-corrected chi connectivity index (χ2v) is 6.47. The summed E-state index contributed by atoms with van der Waals surface area (Å²) in [6.45, 7) is 2.42. The Morgan fingerprint density at radius 1 is 1.04 bits per heavy atom. The van der Waals surface area contributed by atoms with E-state index in [0.29, 0.717) is 17.4 Å². The topological polar surface area (TPSA) is 58.1 Å². The van der Waals surface area contributed by atoms with Crippen molar-refractivity contribution in [1.29, 1.82) is 0 Å². The average Bonchev–Trinajstić information content (AvgIpc) is 2.61. The van der Waals surface area contributed by atoms with Crippen LogP contribution in [0.25, 0.3) is 10.9 Å². The zero-order valence-corrected chi connectivity index (χ0v) is 14.8. The van der Waals surface area contributed by atoms with Crippen LogP contribution in [0.5, 0.6) is 0 Å². The highest BCUT2D eigenvalue weighted by atomic mass is 16.2. The van der Waals surface area contributed by atoms with E-state index >= 15 is 0 Å². The van der Waals surface area contributed by atoms with E-state index in [0.717, 1.165) is 12.0 Å². The zero-order valence-electron chi connectivity index (χ0n) is 14.8. The summed E-state index contributed by atoms with van der Waals surface area (Å²) in [5, 5.41) is 0.529. The fourth-order valence-corrected chi connectivity index (χ4v) is 3.08. The maximum absolute atomic E-state index is 12.8. The molecule has 1 atom stereocenters. The van der Waals surface area contributed by atoms with Crippen molar-refractivity contribution in [2.45, 2.75) is 25.9 Å². The van der Waals surface area contributed by atoms with Gasteiger partial charge in [-0.25, -0.2) is 4.79 Å². The third-order valence-corrected chi connectivity index (χ3v) is 4.64. The Morgan fingerprint density at radius 3 is 2.36 bits per heavy atom. The molecule has 3 aromatic rings. The molecule has 1 heterocycles. The molecule has 0 saturated heterocycles. The first kappa shape index (κ1) is 17.2. The lowest BCUT2D eigenvalue weighted by molar-refractivity contribution is 0.264. The first-order valence-electron chi connectivity index (χ1n) is 8.48. The van der Waals surface area contributed by atoms with Crippen LogP contribution in [0.1, 0.15) is 24.1 Å². The predicted molar refractivity (Wildman–Crippen MR) is 101 cm³/mol. The molecule has 1 aromatic heterocycles. The summed E-state index contributed by atoms with van der Waals surface area (Å²) < 4.78 is 1.29. The maximum atomic E-state index is 12.8. The number of benzene rings is 2. The summed E-state index contributed by atoms with van der Waals surface area (Å²) in [6, 6.07) is 15.4. The fraction of sp³-hybridized carbons (Fsp3) is 0.300. The van der Waals surface area contributed by atoms with Crippen molar-refractivity contribution in [2.24, 2.45) is 0 Å². The SMILES string of the molecule is CCc1ccc(C(Cn2c(=O)[nH]c3ccccc3c2=O)N(C)C)cc1. The zero-order chi connectivity index (χ0) is 18.0. The molecule has 0 saturated carbocycles. The number of rotatable bonds is 5. The minimum atomic E-state index is -0.374. The van der Waals surface area contributed by atoms with Gasteiger partial charge in [-0.15, -0.1) is 0 Å². The van der Waals surface area contributed by atoms with E-state index in [1.807, 2.05) is 19.0 Å². The van der Waals surface area contributed by atoms with Gasteiger partial charge in [0.1, 0.15) is 0 Å². The second kappa shape index (κ2) is 7.07. The van der Waals surface area contributed by atoms with E-state index < -0.39 is 0 Å². The molecule has 1 unspecified atom stereocenters. The molecule has 5 nitrogen and oxygen atoms in total. The lowest BCUT2D eigenvalue weighted by Crippen LogP contribution is -2.39. The van der Waals surface area contributed by atoms with Gasteiger partial charge in [-0.05, 0) is 43.8 Å². The molecule has 1 N–H and O–H groups in total. The van der Waals surface area contributed by atoms with Crippen LogP contribution < -0.4 is 11.2 Å². The summed E-state index contributed by atoms with van der Waals surface area (Å²) in [6.07, 6.45) is 0.983. The van der Waals surface area contributed by atoms with Crippen molar-refractivity contribution >= 4 is 10.9 Å². The Hall–Kier alpha value is -2.66. The molecular weight excluding hydrogens is 314 g/mol. The number of H-pyrrole nitrogens is 1. The van der Waals surface area contributed by atoms with Crippen LogP contribution >= 0.6 is 0 Å². The number of aromatic nitrogens is 2. The molecule has 0 aliphatic carbocycles. The normalized spacial score (nSPS) is 12.6. The second-order valence-electron chi connectivity index (χ2n) is 6.47. The van der Waals surface area contributed by atoms with Gasteiger partial charge in [0, 0.05) is 0 Å². The lowest BCUT2D eigenvalue weighted by atomic mass is 10.0. The number of para-hydroxylation sites is 1. The Kier molecular flexibility index (Phi) is 4.86. The van der Waals surface area contributed by atoms with Crippen LogP contribution in [0.15, 0.2) is 58.1 Å². The van der Waals surface area contributed by atoms with E-state index in [4.69, 9.17) is 0 Å². The van der Waals surface area contributed by atoms with Gasteiger partial charge in [-0.1, -0.05) is 43.3 Å². The summed E-state index contributed by atoms with van der Waals surface area (Å²) in [7, 11) is 3.91. The van der Waals surface area contributed by atoms with Gasteiger partial charge in [-0.2, -0.15) is 0 Å². The molecule has 130 valence electrons. The standard InChI is InChI=1S/C20H23N3O2/c1-4-14-9-11-15(12-10-14)18(22(2)3)13-23-19(24)16-7-5-6-8-17(16)21-20(23)25/h5-12,18H,4,13H2,1-3H3,(H,21,25). The molecule has 0 amide bonds. The summed E-state index contributed by atoms with van der Waals surface area (Å²) in [5.74, 6) is 0. The third kappa shape index (κ3) is 3.42. The van der Waals surface area contributed by atoms with Crippen molar-refractivity contribution in [2.75, 3.05) is 14.1 Å². The molecule has 0 aliphatic heterocycles. The van der Waals surface area contributed by atoms with Crippen LogP contribution in [0.4, 0.5) is 0 Å². The number of aryl methyl sites for hydroxylation is 1. The maximum Gasteiger partial charge on any atom is 0.328 e. The number of likely N-dealkylation sites (N-methyl/N-ethyl adjacent to an activating group) is 1. The van der Waals surface area contributed by atoms with Gasteiger partial charge in [0.15, 0.2) is 0 Å². The van der Waals surface area contributed by atoms with Crippen molar-refractivity contribution in [3.8, 4) is 0 Å². The summed E-state index contributed by atoms with van der Waals surface area (Å²) in [5.41, 5.74) is 2.29. The average molecular weight is 337 g/mol. The third-order valence-electron chi connectivity index (χ3n) is 4.64. The minimum Gasteiger partial charge on any atom is -0.307 e. The molecule has 2 aromatic carbocycles. The molecule has 0 spiro atoms. The molecule has 0 bridgehead atoms. The number of hydrogen-bond acceptors (Lipinski definition) is 3. The minimum absolute atomic E-state index is 0.0640. The highest BCUT2D eigenvalue weighted by Gasteiger charge is 2.18. The van der Waals surface area contributed by atoms with Gasteiger partial charge >= 0.3 is 5.69 Å². The van der Waals surface area contributed by atoms with E-state index in [9.17, 15) is 9.59 Å². The lowest BCUT2D eigenvalue weighted by Gasteiger charge is -2.25. The van der Waals surface area contributed by atoms with Crippen molar-refractivity contribution < 1.29 is 0 Å². The van der Waals surface area contributed by atoms with Gasteiger partial charge in [0.2, 0.25) is 0 Å². The van der Waals surface area contributed by atoms with Gasteiger partial charge in [0.05, 0.1) is 23.5 Å². The summed E-state index contributed by atoms with van der Waals surface area (Å²) >= 11 is 0. The molecular formula is C20H23N3O2. The van der Waals surface area contributed by atoms with Crippen molar-refractivity contribution in [3.63, 3.8) is 0 Å². The Balaban J connectivity index is 2.04. The summed E-state index contributed by atoms with van der Waals surface area (Å²) in [4.78, 5) is 30.0. The van der Waals surface area contributed by atoms with Crippen LogP contribution in [0, 0.1) is 0 Å². The van der Waals surface area contributed by atoms with Crippen LogP contribution in [0.2, 0.25) is 0 Å². The van der Waals surface area contributed by atoms with E-state index in [1.54, 1.807) is 24.3 Å². The molecule has 0 radical (unpaired) electrons. The Bertz CT molecular complexity index is 984. The van der Waals surface area contributed by atoms with Gasteiger partial charge in [0.25, 0.3) is 5.56 Å². The number of nitrogens with one attached hydrogen (secondary N) is 1. The number of fused-ring (bicyclic) bond motifs is 1. The first-order chi connectivity index (χ1) is 12.0. The Morgan fingerprint density at radius 2 is 1.72 bits per heavy atom. The molecule has 5 heteroatoms. The van der Waals surface area contributed by atoms with Crippen LogP contribution in [-0.4, -0.2) is 28.5 Å². The van der Waals surface area contributed by atoms with E-state index in [2.05, 4.69) is 36.2 Å². The number of hydrogen-bond donors (Lipinski definition) is 1. The monoisotopic (exact) mass is 337 g/mol. The van der Waals surface area contributed by atoms with E-state index in [1.165, 1.54) is 10.1 Å². The van der Waals surface area contributed by atoms with Gasteiger partial charge < -0.3 is 9.88 Å². The first-order valence-corrected chi connectivity index (χ1v) is 8.48.